The highest BCUT2D eigenvalue weighted by molar-refractivity contribution is 5.89. The molecule has 0 spiro atoms. The lowest BCUT2D eigenvalue weighted by Crippen LogP contribution is -2.53. The fraction of sp³-hybridized carbons (Fsp3) is 0.421. The monoisotopic (exact) mass is 362 g/mol. The van der Waals surface area contributed by atoms with Gasteiger partial charge in [-0.2, -0.15) is 0 Å². The van der Waals surface area contributed by atoms with E-state index < -0.39 is 30.1 Å². The van der Waals surface area contributed by atoms with Crippen LogP contribution in [0.4, 0.5) is 4.79 Å². The third kappa shape index (κ3) is 6.96. The molecule has 142 valence electrons. The van der Waals surface area contributed by atoms with Gasteiger partial charge in [-0.3, -0.25) is 4.79 Å². The highest BCUT2D eigenvalue weighted by Gasteiger charge is 2.29. The summed E-state index contributed by atoms with van der Waals surface area (Å²) >= 11 is 0. The number of benzene rings is 1. The maximum atomic E-state index is 12.5. The van der Waals surface area contributed by atoms with Gasteiger partial charge in [0.1, 0.15) is 18.7 Å². The molecule has 0 bridgehead atoms. The van der Waals surface area contributed by atoms with Crippen molar-refractivity contribution in [1.82, 2.24) is 10.6 Å². The van der Waals surface area contributed by atoms with Gasteiger partial charge >= 0.3 is 12.1 Å². The normalized spacial score (nSPS) is 12.6. The summed E-state index contributed by atoms with van der Waals surface area (Å²) in [6.07, 6.45) is 1.02. The molecule has 0 aromatic heterocycles. The zero-order valence-electron chi connectivity index (χ0n) is 15.4. The second kappa shape index (κ2) is 10.9. The maximum Gasteiger partial charge on any atom is 0.408 e. The minimum Gasteiger partial charge on any atom is -0.467 e. The summed E-state index contributed by atoms with van der Waals surface area (Å²) in [5.41, 5.74) is 0.838. The van der Waals surface area contributed by atoms with Crippen LogP contribution >= 0.6 is 0 Å². The third-order valence-electron chi connectivity index (χ3n) is 3.64. The van der Waals surface area contributed by atoms with Gasteiger partial charge in [-0.25, -0.2) is 9.59 Å². The van der Waals surface area contributed by atoms with Gasteiger partial charge in [0.25, 0.3) is 0 Å². The molecule has 0 heterocycles. The lowest BCUT2D eigenvalue weighted by molar-refractivity contribution is -0.145. The van der Waals surface area contributed by atoms with Crippen LogP contribution in [-0.2, 0) is 25.7 Å². The summed E-state index contributed by atoms with van der Waals surface area (Å²) < 4.78 is 9.80. The van der Waals surface area contributed by atoms with E-state index in [9.17, 15) is 14.4 Å². The maximum absolute atomic E-state index is 12.5. The summed E-state index contributed by atoms with van der Waals surface area (Å²) in [6, 6.07) is 7.50. The molecular weight excluding hydrogens is 336 g/mol. The van der Waals surface area contributed by atoms with Gasteiger partial charge in [0.2, 0.25) is 5.91 Å². The number of amides is 2. The lowest BCUT2D eigenvalue weighted by atomic mass is 10.0. The number of esters is 1. The Kier molecular flexibility index (Phi) is 8.91. The molecule has 1 aromatic carbocycles. The number of nitrogens with one attached hydrogen (secondary N) is 2. The largest absolute Gasteiger partial charge is 0.467 e. The topological polar surface area (TPSA) is 93.7 Å². The predicted molar refractivity (Wildman–Crippen MR) is 97.1 cm³/mol. The van der Waals surface area contributed by atoms with Crippen molar-refractivity contribution in [1.29, 1.82) is 0 Å². The average molecular weight is 362 g/mol. The SMILES string of the molecule is C=CC[C@H](NC(=O)[C@H](NC(=O)OCc1ccccc1)C(C)C)C(=O)OC. The standard InChI is InChI=1S/C19H26N2O5/c1-5-9-15(18(23)25-4)20-17(22)16(13(2)3)21-19(24)26-12-14-10-7-6-8-11-14/h5-8,10-11,13,15-16H,1,9,12H2,2-4H3,(H,20,22)(H,21,24)/t15-,16+/m0/s1. The second-order valence-corrected chi connectivity index (χ2v) is 6.04. The Morgan fingerprint density at radius 1 is 1.15 bits per heavy atom. The first kappa shape index (κ1) is 21.2. The summed E-state index contributed by atoms with van der Waals surface area (Å²) in [4.78, 5) is 36.2. The van der Waals surface area contributed by atoms with Crippen LogP contribution in [0.2, 0.25) is 0 Å². The van der Waals surface area contributed by atoms with Crippen LogP contribution in [0.3, 0.4) is 0 Å². The molecule has 0 aliphatic rings. The number of alkyl carbamates (subject to hydrolysis) is 1. The average Bonchev–Trinajstić information content (AvgIpc) is 2.63. The molecule has 0 saturated heterocycles. The summed E-state index contributed by atoms with van der Waals surface area (Å²) in [5.74, 6) is -1.28. The van der Waals surface area contributed by atoms with Crippen LogP contribution in [0.15, 0.2) is 43.0 Å². The first-order valence-electron chi connectivity index (χ1n) is 8.35. The zero-order chi connectivity index (χ0) is 19.5. The number of rotatable bonds is 9. The van der Waals surface area contributed by atoms with Crippen LogP contribution in [0.1, 0.15) is 25.8 Å². The molecule has 0 saturated carbocycles. The van der Waals surface area contributed by atoms with E-state index in [4.69, 9.17) is 4.74 Å². The lowest BCUT2D eigenvalue weighted by Gasteiger charge is -2.24. The molecule has 0 unspecified atom stereocenters. The van der Waals surface area contributed by atoms with Crippen LogP contribution in [-0.4, -0.2) is 37.2 Å². The van der Waals surface area contributed by atoms with Crippen molar-refractivity contribution in [3.8, 4) is 0 Å². The van der Waals surface area contributed by atoms with Crippen molar-refractivity contribution < 1.29 is 23.9 Å². The molecule has 2 atom stereocenters. The second-order valence-electron chi connectivity index (χ2n) is 6.04. The molecule has 2 N–H and O–H groups in total. The van der Waals surface area contributed by atoms with Gasteiger partial charge in [0.15, 0.2) is 0 Å². The number of carbonyl (C=O) groups excluding carboxylic acids is 3. The fourth-order valence-corrected chi connectivity index (χ4v) is 2.21. The number of carbonyl (C=O) groups is 3. The quantitative estimate of drug-likeness (QED) is 0.519. The van der Waals surface area contributed by atoms with E-state index in [0.717, 1.165) is 5.56 Å². The summed E-state index contributed by atoms with van der Waals surface area (Å²) in [7, 11) is 1.24. The molecule has 0 aliphatic heterocycles. The minimum absolute atomic E-state index is 0.0976. The Bertz CT molecular complexity index is 616. The van der Waals surface area contributed by atoms with E-state index in [2.05, 4.69) is 21.9 Å². The minimum atomic E-state index is -0.853. The van der Waals surface area contributed by atoms with Crippen LogP contribution < -0.4 is 10.6 Å². The smallest absolute Gasteiger partial charge is 0.408 e. The van der Waals surface area contributed by atoms with Crippen molar-refractivity contribution in [3.05, 3.63) is 48.6 Å². The van der Waals surface area contributed by atoms with Crippen molar-refractivity contribution in [2.75, 3.05) is 7.11 Å². The Morgan fingerprint density at radius 2 is 1.81 bits per heavy atom. The van der Waals surface area contributed by atoms with Gasteiger partial charge in [-0.15, -0.1) is 6.58 Å². The van der Waals surface area contributed by atoms with Crippen molar-refractivity contribution in [2.24, 2.45) is 5.92 Å². The van der Waals surface area contributed by atoms with Crippen molar-refractivity contribution >= 4 is 18.0 Å². The van der Waals surface area contributed by atoms with Gasteiger partial charge in [0, 0.05) is 0 Å². The number of hydrogen-bond donors (Lipinski definition) is 2. The van der Waals surface area contributed by atoms with Crippen LogP contribution in [0, 0.1) is 5.92 Å². The number of methoxy groups -OCH3 is 1. The van der Waals surface area contributed by atoms with Crippen molar-refractivity contribution in [2.45, 2.75) is 39.0 Å². The molecular formula is C19H26N2O5. The van der Waals surface area contributed by atoms with E-state index in [1.54, 1.807) is 13.8 Å². The van der Waals surface area contributed by atoms with Gasteiger partial charge in [-0.05, 0) is 17.9 Å². The van der Waals surface area contributed by atoms with E-state index in [-0.39, 0.29) is 18.9 Å². The Labute approximate surface area is 153 Å². The molecule has 1 aromatic rings. The van der Waals surface area contributed by atoms with E-state index in [1.165, 1.54) is 13.2 Å². The molecule has 0 fully saturated rings. The molecule has 1 rings (SSSR count). The Morgan fingerprint density at radius 3 is 2.35 bits per heavy atom. The van der Waals surface area contributed by atoms with Crippen LogP contribution in [0.25, 0.3) is 0 Å². The summed E-state index contributed by atoms with van der Waals surface area (Å²) in [6.45, 7) is 7.21. The molecule has 0 aliphatic carbocycles. The molecule has 7 nitrogen and oxygen atoms in total. The van der Waals surface area contributed by atoms with Crippen LogP contribution in [0.5, 0.6) is 0 Å². The van der Waals surface area contributed by atoms with Gasteiger partial charge in [-0.1, -0.05) is 50.3 Å². The van der Waals surface area contributed by atoms with Gasteiger partial charge in [0.05, 0.1) is 7.11 Å². The Hall–Kier alpha value is -2.83. The van der Waals surface area contributed by atoms with E-state index in [0.29, 0.717) is 0 Å². The Balaban J connectivity index is 2.65. The third-order valence-corrected chi connectivity index (χ3v) is 3.64. The number of ether oxygens (including phenoxy) is 2. The molecule has 26 heavy (non-hydrogen) atoms. The molecule has 0 radical (unpaired) electrons. The first-order chi connectivity index (χ1) is 12.4. The van der Waals surface area contributed by atoms with Crippen molar-refractivity contribution in [3.63, 3.8) is 0 Å². The summed E-state index contributed by atoms with van der Waals surface area (Å²) in [5, 5.41) is 5.11. The number of hydrogen-bond acceptors (Lipinski definition) is 5. The molecule has 7 heteroatoms. The highest BCUT2D eigenvalue weighted by Crippen LogP contribution is 2.06. The predicted octanol–water partition coefficient (Wildman–Crippen LogP) is 2.17. The van der Waals surface area contributed by atoms with E-state index >= 15 is 0 Å². The fourth-order valence-electron chi connectivity index (χ4n) is 2.21. The molecule has 2 amide bonds. The zero-order valence-corrected chi connectivity index (χ0v) is 15.4. The van der Waals surface area contributed by atoms with Gasteiger partial charge < -0.3 is 20.1 Å². The first-order valence-corrected chi connectivity index (χ1v) is 8.35. The highest BCUT2D eigenvalue weighted by atomic mass is 16.5. The van der Waals surface area contributed by atoms with E-state index in [1.807, 2.05) is 30.3 Å².